The molecule has 3 nitrogen and oxygen atoms in total. The predicted octanol–water partition coefficient (Wildman–Crippen LogP) is 0.757. The highest BCUT2D eigenvalue weighted by atomic mass is 32.1. The summed E-state index contributed by atoms with van der Waals surface area (Å²) in [6, 6.07) is 1.68. The summed E-state index contributed by atoms with van der Waals surface area (Å²) >= 11 is 1.17. The number of nitrogens with two attached hydrogens (primary N) is 1. The van der Waals surface area contributed by atoms with Crippen LogP contribution in [-0.4, -0.2) is 17.6 Å². The average molecular weight is 181 g/mol. The van der Waals surface area contributed by atoms with Crippen LogP contribution in [0, 0.1) is 11.8 Å². The van der Waals surface area contributed by atoms with E-state index in [1.54, 1.807) is 11.4 Å². The van der Waals surface area contributed by atoms with E-state index in [-0.39, 0.29) is 11.4 Å². The molecule has 1 heterocycles. The van der Waals surface area contributed by atoms with Crippen LogP contribution in [0.15, 0.2) is 11.4 Å². The van der Waals surface area contributed by atoms with E-state index in [4.69, 9.17) is 10.8 Å². The SMILES string of the molecule is NCC#Cc1ccsc1C(=O)O. The van der Waals surface area contributed by atoms with E-state index in [0.29, 0.717) is 5.56 Å². The van der Waals surface area contributed by atoms with Crippen LogP contribution < -0.4 is 5.73 Å². The first-order chi connectivity index (χ1) is 5.75. The maximum absolute atomic E-state index is 10.6. The molecule has 0 bridgehead atoms. The number of carboxylic acids is 1. The third kappa shape index (κ3) is 1.84. The lowest BCUT2D eigenvalue weighted by Crippen LogP contribution is -1.96. The quantitative estimate of drug-likeness (QED) is 0.628. The van der Waals surface area contributed by atoms with Gasteiger partial charge in [-0.2, -0.15) is 0 Å². The van der Waals surface area contributed by atoms with Gasteiger partial charge in [-0.25, -0.2) is 4.79 Å². The number of carboxylic acid groups (broad SMARTS) is 1. The molecule has 0 spiro atoms. The average Bonchev–Trinajstić information content (AvgIpc) is 2.48. The Balaban J connectivity index is 2.99. The standard InChI is InChI=1S/C8H7NO2S/c9-4-1-2-6-3-5-12-7(6)8(10)11/h3,5H,4,9H2,(H,10,11). The molecule has 0 aliphatic carbocycles. The fourth-order valence-corrected chi connectivity index (χ4v) is 1.41. The molecule has 0 fully saturated rings. The van der Waals surface area contributed by atoms with Gasteiger partial charge in [0.15, 0.2) is 0 Å². The fraction of sp³-hybridized carbons (Fsp3) is 0.125. The van der Waals surface area contributed by atoms with Crippen molar-refractivity contribution in [1.29, 1.82) is 0 Å². The Kier molecular flexibility index (Phi) is 2.86. The van der Waals surface area contributed by atoms with Crippen LogP contribution in [0.4, 0.5) is 0 Å². The van der Waals surface area contributed by atoms with Gasteiger partial charge in [0.2, 0.25) is 0 Å². The van der Waals surface area contributed by atoms with Crippen LogP contribution in [-0.2, 0) is 0 Å². The largest absolute Gasteiger partial charge is 0.477 e. The molecular weight excluding hydrogens is 174 g/mol. The Morgan fingerprint density at radius 2 is 2.50 bits per heavy atom. The van der Waals surface area contributed by atoms with E-state index >= 15 is 0 Å². The highest BCUT2D eigenvalue weighted by Gasteiger charge is 2.08. The molecule has 3 N–H and O–H groups in total. The summed E-state index contributed by atoms with van der Waals surface area (Å²) in [7, 11) is 0. The lowest BCUT2D eigenvalue weighted by atomic mass is 10.2. The van der Waals surface area contributed by atoms with Crippen molar-refractivity contribution in [1.82, 2.24) is 0 Å². The van der Waals surface area contributed by atoms with Crippen molar-refractivity contribution < 1.29 is 9.90 Å². The lowest BCUT2D eigenvalue weighted by Gasteiger charge is -1.87. The molecule has 62 valence electrons. The summed E-state index contributed by atoms with van der Waals surface area (Å²) in [5.74, 6) is 4.36. The zero-order valence-corrected chi connectivity index (χ0v) is 7.02. The number of hydrogen-bond acceptors (Lipinski definition) is 3. The van der Waals surface area contributed by atoms with Gasteiger partial charge in [-0.3, -0.25) is 0 Å². The smallest absolute Gasteiger partial charge is 0.347 e. The Labute approximate surface area is 73.8 Å². The van der Waals surface area contributed by atoms with Crippen LogP contribution in [0.1, 0.15) is 15.2 Å². The van der Waals surface area contributed by atoms with Gasteiger partial charge in [0, 0.05) is 5.56 Å². The van der Waals surface area contributed by atoms with Gasteiger partial charge in [-0.15, -0.1) is 11.3 Å². The van der Waals surface area contributed by atoms with Crippen LogP contribution in [0.2, 0.25) is 0 Å². The number of rotatable bonds is 1. The molecule has 1 rings (SSSR count). The molecule has 1 aromatic rings. The minimum absolute atomic E-state index is 0.245. The Hall–Kier alpha value is -1.31. The third-order valence-electron chi connectivity index (χ3n) is 1.18. The van der Waals surface area contributed by atoms with Crippen molar-refractivity contribution >= 4 is 17.3 Å². The van der Waals surface area contributed by atoms with E-state index in [2.05, 4.69) is 11.8 Å². The topological polar surface area (TPSA) is 63.3 Å². The van der Waals surface area contributed by atoms with Crippen molar-refractivity contribution in [2.24, 2.45) is 5.73 Å². The van der Waals surface area contributed by atoms with E-state index in [1.807, 2.05) is 0 Å². The maximum Gasteiger partial charge on any atom is 0.347 e. The predicted molar refractivity (Wildman–Crippen MR) is 47.2 cm³/mol. The van der Waals surface area contributed by atoms with Gasteiger partial charge >= 0.3 is 5.97 Å². The molecular formula is C8H7NO2S. The van der Waals surface area contributed by atoms with Crippen molar-refractivity contribution in [3.63, 3.8) is 0 Å². The molecule has 4 heteroatoms. The minimum atomic E-state index is -0.939. The summed E-state index contributed by atoms with van der Waals surface area (Å²) in [4.78, 5) is 10.8. The molecule has 12 heavy (non-hydrogen) atoms. The zero-order chi connectivity index (χ0) is 8.97. The van der Waals surface area contributed by atoms with Gasteiger partial charge in [0.1, 0.15) is 4.88 Å². The van der Waals surface area contributed by atoms with Gasteiger partial charge in [0.05, 0.1) is 6.54 Å². The van der Waals surface area contributed by atoms with E-state index in [9.17, 15) is 4.79 Å². The molecule has 0 radical (unpaired) electrons. The van der Waals surface area contributed by atoms with Gasteiger partial charge < -0.3 is 10.8 Å². The van der Waals surface area contributed by atoms with Crippen LogP contribution in [0.5, 0.6) is 0 Å². The fourth-order valence-electron chi connectivity index (χ4n) is 0.720. The van der Waals surface area contributed by atoms with Crippen molar-refractivity contribution in [3.8, 4) is 11.8 Å². The second kappa shape index (κ2) is 3.90. The van der Waals surface area contributed by atoms with Gasteiger partial charge in [0.25, 0.3) is 0 Å². The van der Waals surface area contributed by atoms with Crippen LogP contribution >= 0.6 is 11.3 Å². The monoisotopic (exact) mass is 181 g/mol. The van der Waals surface area contributed by atoms with Gasteiger partial charge in [-0.05, 0) is 11.4 Å². The van der Waals surface area contributed by atoms with Gasteiger partial charge in [-0.1, -0.05) is 11.8 Å². The highest BCUT2D eigenvalue weighted by Crippen LogP contribution is 2.14. The molecule has 0 amide bonds. The second-order valence-electron chi connectivity index (χ2n) is 1.97. The van der Waals surface area contributed by atoms with E-state index in [0.717, 1.165) is 0 Å². The van der Waals surface area contributed by atoms with Crippen LogP contribution in [0.25, 0.3) is 0 Å². The second-order valence-corrected chi connectivity index (χ2v) is 2.89. The molecule has 0 aliphatic heterocycles. The molecule has 0 aliphatic rings. The van der Waals surface area contributed by atoms with E-state index < -0.39 is 5.97 Å². The number of thiophene rings is 1. The summed E-state index contributed by atoms with van der Waals surface area (Å²) in [6.45, 7) is 0.245. The van der Waals surface area contributed by atoms with Crippen molar-refractivity contribution in [3.05, 3.63) is 21.9 Å². The number of aromatic carboxylic acids is 1. The molecule has 1 aromatic heterocycles. The molecule has 0 atom stereocenters. The normalized spacial score (nSPS) is 8.75. The first-order valence-corrected chi connectivity index (χ1v) is 4.13. The lowest BCUT2D eigenvalue weighted by molar-refractivity contribution is 0.0702. The highest BCUT2D eigenvalue weighted by molar-refractivity contribution is 7.12. The summed E-state index contributed by atoms with van der Waals surface area (Å²) in [5.41, 5.74) is 5.69. The molecule has 0 saturated heterocycles. The minimum Gasteiger partial charge on any atom is -0.477 e. The summed E-state index contributed by atoms with van der Waals surface area (Å²) in [5, 5.41) is 10.4. The Morgan fingerprint density at radius 1 is 1.75 bits per heavy atom. The first kappa shape index (κ1) is 8.78. The first-order valence-electron chi connectivity index (χ1n) is 3.25. The number of hydrogen-bond donors (Lipinski definition) is 2. The molecule has 0 aromatic carbocycles. The van der Waals surface area contributed by atoms with Crippen LogP contribution in [0.3, 0.4) is 0 Å². The van der Waals surface area contributed by atoms with Crippen molar-refractivity contribution in [2.45, 2.75) is 0 Å². The van der Waals surface area contributed by atoms with E-state index in [1.165, 1.54) is 11.3 Å². The summed E-state index contributed by atoms with van der Waals surface area (Å²) in [6.07, 6.45) is 0. The summed E-state index contributed by atoms with van der Waals surface area (Å²) < 4.78 is 0. The van der Waals surface area contributed by atoms with Crippen molar-refractivity contribution in [2.75, 3.05) is 6.54 Å². The Morgan fingerprint density at radius 3 is 3.08 bits per heavy atom. The molecule has 0 saturated carbocycles. The zero-order valence-electron chi connectivity index (χ0n) is 6.20. The molecule has 0 unspecified atom stereocenters. The Bertz CT molecular complexity index is 345. The third-order valence-corrected chi connectivity index (χ3v) is 2.09. The maximum atomic E-state index is 10.6. The number of carbonyl (C=O) groups is 1.